The highest BCUT2D eigenvalue weighted by Gasteiger charge is 2.08. The maximum atomic E-state index is 4.25. The van der Waals surface area contributed by atoms with Gasteiger partial charge in [-0.3, -0.25) is 0 Å². The lowest BCUT2D eigenvalue weighted by atomic mass is 9.98. The summed E-state index contributed by atoms with van der Waals surface area (Å²) >= 11 is 0. The average molecular weight is 245 g/mol. The SMILES string of the molecule is C=C(c1ccccc1)c1ccccc1-n1cccc1. The Labute approximate surface area is 113 Å². The van der Waals surface area contributed by atoms with Crippen LogP contribution in [0.25, 0.3) is 11.3 Å². The van der Waals surface area contributed by atoms with Crippen LogP contribution in [-0.4, -0.2) is 4.57 Å². The number of para-hydroxylation sites is 1. The van der Waals surface area contributed by atoms with Crippen molar-refractivity contribution in [3.8, 4) is 5.69 Å². The van der Waals surface area contributed by atoms with Crippen molar-refractivity contribution < 1.29 is 0 Å². The number of benzene rings is 2. The monoisotopic (exact) mass is 245 g/mol. The van der Waals surface area contributed by atoms with Gasteiger partial charge in [-0.15, -0.1) is 0 Å². The molecule has 3 aromatic rings. The van der Waals surface area contributed by atoms with Gasteiger partial charge in [0.2, 0.25) is 0 Å². The molecule has 0 amide bonds. The Hall–Kier alpha value is -2.54. The second-order valence-electron chi connectivity index (χ2n) is 4.45. The number of aromatic nitrogens is 1. The minimum Gasteiger partial charge on any atom is -0.323 e. The summed E-state index contributed by atoms with van der Waals surface area (Å²) in [6.45, 7) is 4.25. The molecule has 19 heavy (non-hydrogen) atoms. The van der Waals surface area contributed by atoms with Gasteiger partial charge in [-0.1, -0.05) is 55.1 Å². The Morgan fingerprint density at radius 2 is 1.37 bits per heavy atom. The van der Waals surface area contributed by atoms with E-state index in [9.17, 15) is 0 Å². The molecule has 0 aliphatic rings. The second-order valence-corrected chi connectivity index (χ2v) is 4.45. The molecule has 0 fully saturated rings. The van der Waals surface area contributed by atoms with Crippen molar-refractivity contribution in [3.05, 3.63) is 96.8 Å². The first-order valence-corrected chi connectivity index (χ1v) is 6.33. The lowest BCUT2D eigenvalue weighted by Gasteiger charge is -2.13. The van der Waals surface area contributed by atoms with Gasteiger partial charge < -0.3 is 4.57 Å². The molecule has 1 nitrogen and oxygen atoms in total. The summed E-state index contributed by atoms with van der Waals surface area (Å²) in [6.07, 6.45) is 4.11. The first-order chi connectivity index (χ1) is 9.36. The maximum Gasteiger partial charge on any atom is 0.0527 e. The van der Waals surface area contributed by atoms with Crippen molar-refractivity contribution in [1.82, 2.24) is 4.57 Å². The molecule has 0 bridgehead atoms. The molecule has 0 aliphatic carbocycles. The molecule has 2 aromatic carbocycles. The zero-order valence-corrected chi connectivity index (χ0v) is 10.7. The first-order valence-electron chi connectivity index (χ1n) is 6.33. The normalized spacial score (nSPS) is 10.3. The van der Waals surface area contributed by atoms with Crippen molar-refractivity contribution in [1.29, 1.82) is 0 Å². The molecule has 92 valence electrons. The number of nitrogens with zero attached hydrogens (tertiary/aromatic N) is 1. The van der Waals surface area contributed by atoms with Gasteiger partial charge in [-0.2, -0.15) is 0 Å². The van der Waals surface area contributed by atoms with E-state index in [2.05, 4.69) is 59.9 Å². The molecule has 0 aliphatic heterocycles. The van der Waals surface area contributed by atoms with E-state index >= 15 is 0 Å². The Morgan fingerprint density at radius 1 is 0.737 bits per heavy atom. The predicted molar refractivity (Wildman–Crippen MR) is 80.3 cm³/mol. The largest absolute Gasteiger partial charge is 0.323 e. The fourth-order valence-electron chi connectivity index (χ4n) is 2.24. The molecule has 3 rings (SSSR count). The van der Waals surface area contributed by atoms with Gasteiger partial charge in [0.05, 0.1) is 5.69 Å². The van der Waals surface area contributed by atoms with Gasteiger partial charge in [-0.05, 0) is 29.3 Å². The lowest BCUT2D eigenvalue weighted by Crippen LogP contribution is -1.96. The van der Waals surface area contributed by atoms with Crippen LogP contribution in [0.3, 0.4) is 0 Å². The van der Waals surface area contributed by atoms with E-state index < -0.39 is 0 Å². The summed E-state index contributed by atoms with van der Waals surface area (Å²) in [6, 6.07) is 22.7. The molecule has 0 unspecified atom stereocenters. The molecule has 0 N–H and O–H groups in total. The van der Waals surface area contributed by atoms with E-state index in [1.54, 1.807) is 0 Å². The molecule has 0 spiro atoms. The standard InChI is InChI=1S/C18H15N/c1-15(16-9-3-2-4-10-16)17-11-5-6-12-18(17)19-13-7-8-14-19/h2-14H,1H2. The summed E-state index contributed by atoms with van der Waals surface area (Å²) in [7, 11) is 0. The molecule has 1 heteroatoms. The number of rotatable bonds is 3. The van der Waals surface area contributed by atoms with Gasteiger partial charge >= 0.3 is 0 Å². The van der Waals surface area contributed by atoms with E-state index in [1.165, 1.54) is 0 Å². The Morgan fingerprint density at radius 3 is 2.11 bits per heavy atom. The molecule has 1 aromatic heterocycles. The highest BCUT2D eigenvalue weighted by Crippen LogP contribution is 2.26. The topological polar surface area (TPSA) is 4.93 Å². The summed E-state index contributed by atoms with van der Waals surface area (Å²) in [5, 5.41) is 0. The molecule has 0 saturated heterocycles. The minimum atomic E-state index is 1.05. The van der Waals surface area contributed by atoms with E-state index in [-0.39, 0.29) is 0 Å². The van der Waals surface area contributed by atoms with Gasteiger partial charge in [0.1, 0.15) is 0 Å². The highest BCUT2D eigenvalue weighted by molar-refractivity contribution is 5.82. The van der Waals surface area contributed by atoms with Crippen LogP contribution in [0.4, 0.5) is 0 Å². The van der Waals surface area contributed by atoms with Crippen LogP contribution >= 0.6 is 0 Å². The van der Waals surface area contributed by atoms with Crippen LogP contribution in [0.1, 0.15) is 11.1 Å². The predicted octanol–water partition coefficient (Wildman–Crippen LogP) is 4.54. The summed E-state index contributed by atoms with van der Waals surface area (Å²) in [5.41, 5.74) is 4.51. The van der Waals surface area contributed by atoms with E-state index in [4.69, 9.17) is 0 Å². The zero-order valence-electron chi connectivity index (χ0n) is 10.7. The van der Waals surface area contributed by atoms with Crippen molar-refractivity contribution in [2.75, 3.05) is 0 Å². The lowest BCUT2D eigenvalue weighted by molar-refractivity contribution is 1.07. The number of hydrogen-bond donors (Lipinski definition) is 0. The Bertz CT molecular complexity index is 679. The smallest absolute Gasteiger partial charge is 0.0527 e. The third-order valence-electron chi connectivity index (χ3n) is 3.23. The molecular weight excluding hydrogens is 230 g/mol. The van der Waals surface area contributed by atoms with Crippen LogP contribution < -0.4 is 0 Å². The van der Waals surface area contributed by atoms with E-state index in [1.807, 2.05) is 30.3 Å². The van der Waals surface area contributed by atoms with Gasteiger partial charge in [0, 0.05) is 18.0 Å². The van der Waals surface area contributed by atoms with Crippen LogP contribution in [0.5, 0.6) is 0 Å². The summed E-state index contributed by atoms with van der Waals surface area (Å²) < 4.78 is 2.11. The zero-order chi connectivity index (χ0) is 13.1. The van der Waals surface area contributed by atoms with Crippen molar-refractivity contribution >= 4 is 5.57 Å². The average Bonchev–Trinajstić information content (AvgIpc) is 3.01. The van der Waals surface area contributed by atoms with Gasteiger partial charge in [-0.25, -0.2) is 0 Å². The van der Waals surface area contributed by atoms with Crippen molar-refractivity contribution in [2.24, 2.45) is 0 Å². The highest BCUT2D eigenvalue weighted by atomic mass is 14.9. The van der Waals surface area contributed by atoms with Crippen LogP contribution in [-0.2, 0) is 0 Å². The third kappa shape index (κ3) is 2.23. The first kappa shape index (κ1) is 11.5. The quantitative estimate of drug-likeness (QED) is 0.638. The summed E-state index contributed by atoms with van der Waals surface area (Å²) in [5.74, 6) is 0. The van der Waals surface area contributed by atoms with Gasteiger partial charge in [0.25, 0.3) is 0 Å². The molecule has 0 saturated carbocycles. The van der Waals surface area contributed by atoms with Crippen LogP contribution in [0, 0.1) is 0 Å². The van der Waals surface area contributed by atoms with E-state index in [0.717, 1.165) is 22.4 Å². The Kier molecular flexibility index (Phi) is 3.03. The molecular formula is C18H15N. The molecule has 0 radical (unpaired) electrons. The summed E-state index contributed by atoms with van der Waals surface area (Å²) in [4.78, 5) is 0. The third-order valence-corrected chi connectivity index (χ3v) is 3.23. The molecule has 1 heterocycles. The fraction of sp³-hybridized carbons (Fsp3) is 0. The van der Waals surface area contributed by atoms with Gasteiger partial charge in [0.15, 0.2) is 0 Å². The molecule has 0 atom stereocenters. The van der Waals surface area contributed by atoms with E-state index in [0.29, 0.717) is 0 Å². The van der Waals surface area contributed by atoms with Crippen LogP contribution in [0.15, 0.2) is 85.7 Å². The number of hydrogen-bond acceptors (Lipinski definition) is 0. The Balaban J connectivity index is 2.09. The second kappa shape index (κ2) is 4.99. The fourth-order valence-corrected chi connectivity index (χ4v) is 2.24. The maximum absolute atomic E-state index is 4.25. The minimum absolute atomic E-state index is 1.05. The van der Waals surface area contributed by atoms with Crippen LogP contribution in [0.2, 0.25) is 0 Å². The van der Waals surface area contributed by atoms with Crippen molar-refractivity contribution in [3.63, 3.8) is 0 Å². The van der Waals surface area contributed by atoms with Crippen molar-refractivity contribution in [2.45, 2.75) is 0 Å².